The van der Waals surface area contributed by atoms with Crippen LogP contribution in [0.4, 0.5) is 0 Å². The fraction of sp³-hybridized carbons (Fsp3) is 0.700. The maximum atomic E-state index is 11.5. The van der Waals surface area contributed by atoms with Gasteiger partial charge in [-0.3, -0.25) is 4.79 Å². The fourth-order valence-corrected chi connectivity index (χ4v) is 1.63. The van der Waals surface area contributed by atoms with Gasteiger partial charge in [-0.05, 0) is 18.8 Å². The van der Waals surface area contributed by atoms with Gasteiger partial charge in [0.05, 0.1) is 0 Å². The summed E-state index contributed by atoms with van der Waals surface area (Å²) in [7, 11) is 0. The molecular formula is C10H17NO. The van der Waals surface area contributed by atoms with Crippen molar-refractivity contribution < 1.29 is 4.79 Å². The number of rotatable bonds is 2. The van der Waals surface area contributed by atoms with Crippen molar-refractivity contribution >= 4 is 5.91 Å². The molecule has 0 bridgehead atoms. The molecule has 1 aliphatic heterocycles. The zero-order valence-electron chi connectivity index (χ0n) is 7.68. The van der Waals surface area contributed by atoms with E-state index in [1.807, 2.05) is 6.08 Å². The average Bonchev–Trinajstić information content (AvgIpc) is 2.28. The van der Waals surface area contributed by atoms with Gasteiger partial charge in [0.1, 0.15) is 0 Å². The molecule has 0 radical (unpaired) electrons. The lowest BCUT2D eigenvalue weighted by molar-refractivity contribution is -0.125. The fourth-order valence-electron chi connectivity index (χ4n) is 1.63. The first-order chi connectivity index (χ1) is 5.75. The van der Waals surface area contributed by atoms with Gasteiger partial charge in [0.15, 0.2) is 0 Å². The summed E-state index contributed by atoms with van der Waals surface area (Å²) in [4.78, 5) is 11.5. The van der Waals surface area contributed by atoms with Crippen LogP contribution in [0.5, 0.6) is 0 Å². The van der Waals surface area contributed by atoms with Crippen molar-refractivity contribution in [3.8, 4) is 0 Å². The van der Waals surface area contributed by atoms with Crippen molar-refractivity contribution in [3.63, 3.8) is 0 Å². The molecule has 0 aliphatic carbocycles. The minimum atomic E-state index is 0.157. The van der Waals surface area contributed by atoms with Crippen LogP contribution in [0.25, 0.3) is 0 Å². The molecule has 0 aromatic carbocycles. The second-order valence-corrected chi connectivity index (χ2v) is 3.49. The third-order valence-corrected chi connectivity index (χ3v) is 2.58. The van der Waals surface area contributed by atoms with E-state index in [9.17, 15) is 4.79 Å². The van der Waals surface area contributed by atoms with Crippen LogP contribution in [0.15, 0.2) is 12.7 Å². The monoisotopic (exact) mass is 167 g/mol. The minimum Gasteiger partial charge on any atom is -0.356 e. The summed E-state index contributed by atoms with van der Waals surface area (Å²) in [6.45, 7) is 6.63. The molecule has 1 amide bonds. The predicted octanol–water partition coefficient (Wildman–Crippen LogP) is 1.72. The summed E-state index contributed by atoms with van der Waals surface area (Å²) >= 11 is 0. The Balaban J connectivity index is 2.58. The Morgan fingerprint density at radius 2 is 2.42 bits per heavy atom. The quantitative estimate of drug-likeness (QED) is 0.623. The van der Waals surface area contributed by atoms with Gasteiger partial charge >= 0.3 is 0 Å². The Labute approximate surface area is 74.0 Å². The second kappa shape index (κ2) is 4.29. The van der Waals surface area contributed by atoms with E-state index < -0.39 is 0 Å². The van der Waals surface area contributed by atoms with Crippen molar-refractivity contribution in [2.24, 2.45) is 11.8 Å². The Morgan fingerprint density at radius 3 is 3.08 bits per heavy atom. The maximum absolute atomic E-state index is 11.5. The predicted molar refractivity (Wildman–Crippen MR) is 49.7 cm³/mol. The van der Waals surface area contributed by atoms with Crippen molar-refractivity contribution in [1.29, 1.82) is 0 Å². The number of hydrogen-bond acceptors (Lipinski definition) is 1. The molecule has 2 unspecified atom stereocenters. The summed E-state index contributed by atoms with van der Waals surface area (Å²) in [5, 5.41) is 2.92. The van der Waals surface area contributed by atoms with Gasteiger partial charge in [0.2, 0.25) is 5.91 Å². The van der Waals surface area contributed by atoms with Gasteiger partial charge in [0.25, 0.3) is 0 Å². The lowest BCUT2D eigenvalue weighted by Crippen LogP contribution is -2.31. The van der Waals surface area contributed by atoms with E-state index in [4.69, 9.17) is 0 Å². The Kier molecular flexibility index (Phi) is 3.32. The van der Waals surface area contributed by atoms with E-state index in [1.165, 1.54) is 0 Å². The molecule has 2 nitrogen and oxygen atoms in total. The first-order valence-electron chi connectivity index (χ1n) is 4.66. The van der Waals surface area contributed by atoms with E-state index in [0.29, 0.717) is 5.92 Å². The Morgan fingerprint density at radius 1 is 1.67 bits per heavy atom. The highest BCUT2D eigenvalue weighted by Crippen LogP contribution is 2.21. The molecule has 0 aromatic rings. The number of nitrogens with one attached hydrogen (secondary N) is 1. The van der Waals surface area contributed by atoms with Crippen molar-refractivity contribution in [3.05, 3.63) is 12.7 Å². The smallest absolute Gasteiger partial charge is 0.223 e. The maximum Gasteiger partial charge on any atom is 0.223 e. The van der Waals surface area contributed by atoms with Gasteiger partial charge in [-0.15, -0.1) is 6.58 Å². The van der Waals surface area contributed by atoms with E-state index >= 15 is 0 Å². The summed E-state index contributed by atoms with van der Waals surface area (Å²) in [6.07, 6.45) is 5.16. The zero-order chi connectivity index (χ0) is 8.97. The van der Waals surface area contributed by atoms with Crippen LogP contribution in [-0.4, -0.2) is 12.5 Å². The van der Waals surface area contributed by atoms with E-state index in [0.717, 1.165) is 25.8 Å². The summed E-state index contributed by atoms with van der Waals surface area (Å²) in [5.41, 5.74) is 0. The largest absolute Gasteiger partial charge is 0.356 e. The molecule has 1 N–H and O–H groups in total. The van der Waals surface area contributed by atoms with Crippen LogP contribution in [0, 0.1) is 11.8 Å². The van der Waals surface area contributed by atoms with Crippen molar-refractivity contribution in [1.82, 2.24) is 5.32 Å². The topological polar surface area (TPSA) is 29.1 Å². The van der Waals surface area contributed by atoms with Crippen LogP contribution in [0.3, 0.4) is 0 Å². The summed E-state index contributed by atoms with van der Waals surface area (Å²) in [5.74, 6) is 0.674. The first kappa shape index (κ1) is 9.30. The van der Waals surface area contributed by atoms with E-state index in [-0.39, 0.29) is 11.8 Å². The minimum absolute atomic E-state index is 0.157. The average molecular weight is 167 g/mol. The third kappa shape index (κ3) is 2.10. The molecule has 1 saturated heterocycles. The second-order valence-electron chi connectivity index (χ2n) is 3.49. The molecule has 1 fully saturated rings. The molecule has 0 saturated carbocycles. The highest BCUT2D eigenvalue weighted by Gasteiger charge is 2.23. The van der Waals surface area contributed by atoms with Gasteiger partial charge in [-0.1, -0.05) is 19.4 Å². The Bertz CT molecular complexity index is 177. The first-order valence-corrected chi connectivity index (χ1v) is 4.66. The SMILES string of the molecule is C=CC(C)C1CCCCNC1=O. The molecule has 0 spiro atoms. The van der Waals surface area contributed by atoms with Crippen molar-refractivity contribution in [2.75, 3.05) is 6.54 Å². The molecule has 0 aromatic heterocycles. The summed E-state index contributed by atoms with van der Waals surface area (Å²) in [6, 6.07) is 0. The van der Waals surface area contributed by atoms with Gasteiger partial charge in [-0.2, -0.15) is 0 Å². The Hall–Kier alpha value is -0.790. The van der Waals surface area contributed by atoms with Crippen molar-refractivity contribution in [2.45, 2.75) is 26.2 Å². The normalized spacial score (nSPS) is 27.1. The highest BCUT2D eigenvalue weighted by atomic mass is 16.1. The number of carbonyl (C=O) groups excluding carboxylic acids is 1. The zero-order valence-corrected chi connectivity index (χ0v) is 7.68. The number of amides is 1. The molecule has 1 heterocycles. The van der Waals surface area contributed by atoms with Crippen LogP contribution < -0.4 is 5.32 Å². The number of allylic oxidation sites excluding steroid dienone is 1. The molecule has 2 atom stereocenters. The molecule has 1 rings (SSSR count). The molecular weight excluding hydrogens is 150 g/mol. The number of hydrogen-bond donors (Lipinski definition) is 1. The van der Waals surface area contributed by atoms with Gasteiger partial charge in [0, 0.05) is 12.5 Å². The lowest BCUT2D eigenvalue weighted by Gasteiger charge is -2.17. The summed E-state index contributed by atoms with van der Waals surface area (Å²) < 4.78 is 0. The van der Waals surface area contributed by atoms with E-state index in [1.54, 1.807) is 0 Å². The lowest BCUT2D eigenvalue weighted by atomic mass is 9.89. The molecule has 12 heavy (non-hydrogen) atoms. The van der Waals surface area contributed by atoms with Crippen LogP contribution in [0.2, 0.25) is 0 Å². The van der Waals surface area contributed by atoms with Crippen LogP contribution >= 0.6 is 0 Å². The van der Waals surface area contributed by atoms with Gasteiger partial charge < -0.3 is 5.32 Å². The standard InChI is InChI=1S/C10H17NO/c1-3-8(2)9-6-4-5-7-11-10(9)12/h3,8-9H,1,4-7H2,2H3,(H,11,12). The number of carbonyl (C=O) groups is 1. The van der Waals surface area contributed by atoms with Gasteiger partial charge in [-0.25, -0.2) is 0 Å². The van der Waals surface area contributed by atoms with E-state index in [2.05, 4.69) is 18.8 Å². The van der Waals surface area contributed by atoms with Crippen LogP contribution in [0.1, 0.15) is 26.2 Å². The third-order valence-electron chi connectivity index (χ3n) is 2.58. The highest BCUT2D eigenvalue weighted by molar-refractivity contribution is 5.79. The molecule has 2 heteroatoms. The molecule has 68 valence electrons. The molecule has 1 aliphatic rings. The van der Waals surface area contributed by atoms with Crippen LogP contribution in [-0.2, 0) is 4.79 Å².